The van der Waals surface area contributed by atoms with Gasteiger partial charge in [0.15, 0.2) is 0 Å². The summed E-state index contributed by atoms with van der Waals surface area (Å²) >= 11 is 0. The Morgan fingerprint density at radius 1 is 1.30 bits per heavy atom. The maximum atomic E-state index is 13.1. The fraction of sp³-hybridized carbons (Fsp3) is 0.444. The first-order valence-corrected chi connectivity index (χ1v) is 10.3. The monoisotopic (exact) mass is 392 g/mol. The minimum absolute atomic E-state index is 0.102. The van der Waals surface area contributed by atoms with E-state index in [9.17, 15) is 18.3 Å². The van der Waals surface area contributed by atoms with Crippen molar-refractivity contribution in [2.75, 3.05) is 32.9 Å². The molecule has 27 heavy (non-hydrogen) atoms. The van der Waals surface area contributed by atoms with Gasteiger partial charge in [-0.1, -0.05) is 30.3 Å². The molecule has 1 aromatic carbocycles. The average Bonchev–Trinajstić information content (AvgIpc) is 3.18. The summed E-state index contributed by atoms with van der Waals surface area (Å²) in [6, 6.07) is 9.37. The number of carbonyl (C=O) groups is 1. The number of sulfonamides is 1. The first-order valence-electron chi connectivity index (χ1n) is 8.68. The van der Waals surface area contributed by atoms with E-state index in [4.69, 9.17) is 0 Å². The van der Waals surface area contributed by atoms with Crippen molar-refractivity contribution in [3.05, 3.63) is 41.6 Å². The second-order valence-corrected chi connectivity index (χ2v) is 9.26. The SMILES string of the molecule is Cc1[nH]nc(-c2ccccc2)c1C(=O)N1C[C@@H](CS(=O)(=O)N(C)C)[C@H](O)C1. The molecule has 2 aromatic rings. The van der Waals surface area contributed by atoms with E-state index in [-0.39, 0.29) is 24.7 Å². The van der Waals surface area contributed by atoms with Crippen LogP contribution in [0.2, 0.25) is 0 Å². The number of aliphatic hydroxyl groups is 1. The largest absolute Gasteiger partial charge is 0.391 e. The van der Waals surface area contributed by atoms with E-state index in [1.807, 2.05) is 30.3 Å². The van der Waals surface area contributed by atoms with Crippen LogP contribution in [-0.4, -0.2) is 77.9 Å². The van der Waals surface area contributed by atoms with Crippen LogP contribution in [-0.2, 0) is 10.0 Å². The van der Waals surface area contributed by atoms with Crippen LogP contribution in [0.5, 0.6) is 0 Å². The maximum Gasteiger partial charge on any atom is 0.258 e. The van der Waals surface area contributed by atoms with Crippen molar-refractivity contribution >= 4 is 15.9 Å². The van der Waals surface area contributed by atoms with Gasteiger partial charge in [-0.3, -0.25) is 9.89 Å². The normalized spacial score (nSPS) is 20.4. The highest BCUT2D eigenvalue weighted by Crippen LogP contribution is 2.28. The number of β-amino-alcohol motifs (C(OH)–C–C–N with tert-alkyl or cyclic N) is 1. The molecule has 1 aromatic heterocycles. The molecule has 2 heterocycles. The number of amides is 1. The molecule has 0 spiro atoms. The minimum atomic E-state index is -3.46. The lowest BCUT2D eigenvalue weighted by Crippen LogP contribution is -2.33. The molecule has 2 N–H and O–H groups in total. The molecule has 0 unspecified atom stereocenters. The van der Waals surface area contributed by atoms with Crippen LogP contribution < -0.4 is 0 Å². The summed E-state index contributed by atoms with van der Waals surface area (Å²) in [6.07, 6.45) is -0.879. The van der Waals surface area contributed by atoms with Gasteiger partial charge >= 0.3 is 0 Å². The van der Waals surface area contributed by atoms with Crippen LogP contribution >= 0.6 is 0 Å². The number of aromatic amines is 1. The number of hydrogen-bond donors (Lipinski definition) is 2. The van der Waals surface area contributed by atoms with Gasteiger partial charge in [0.25, 0.3) is 5.91 Å². The number of hydrogen-bond acceptors (Lipinski definition) is 5. The Hall–Kier alpha value is -2.23. The van der Waals surface area contributed by atoms with Crippen LogP contribution in [0, 0.1) is 12.8 Å². The molecule has 0 bridgehead atoms. The van der Waals surface area contributed by atoms with Gasteiger partial charge < -0.3 is 10.0 Å². The Kier molecular flexibility index (Phi) is 5.36. The van der Waals surface area contributed by atoms with Crippen LogP contribution in [0.1, 0.15) is 16.1 Å². The van der Waals surface area contributed by atoms with E-state index >= 15 is 0 Å². The third-order valence-corrected chi connectivity index (χ3v) is 6.85. The molecule has 3 rings (SSSR count). The lowest BCUT2D eigenvalue weighted by Gasteiger charge is -2.18. The van der Waals surface area contributed by atoms with Crippen molar-refractivity contribution in [1.29, 1.82) is 0 Å². The van der Waals surface area contributed by atoms with Crippen molar-refractivity contribution < 1.29 is 18.3 Å². The van der Waals surface area contributed by atoms with Crippen molar-refractivity contribution in [3.63, 3.8) is 0 Å². The zero-order valence-corrected chi connectivity index (χ0v) is 16.4. The van der Waals surface area contributed by atoms with Gasteiger partial charge in [0.05, 0.1) is 17.4 Å². The van der Waals surface area contributed by atoms with Gasteiger partial charge in [0, 0.05) is 44.4 Å². The van der Waals surface area contributed by atoms with Gasteiger partial charge in [-0.05, 0) is 6.92 Å². The topological polar surface area (TPSA) is 107 Å². The molecule has 1 aliphatic rings. The highest BCUT2D eigenvalue weighted by Gasteiger charge is 2.38. The molecule has 0 saturated carbocycles. The quantitative estimate of drug-likeness (QED) is 0.779. The highest BCUT2D eigenvalue weighted by molar-refractivity contribution is 7.89. The van der Waals surface area contributed by atoms with E-state index in [0.717, 1.165) is 9.87 Å². The summed E-state index contributed by atoms with van der Waals surface area (Å²) in [7, 11) is -0.542. The first-order chi connectivity index (χ1) is 12.7. The van der Waals surface area contributed by atoms with Gasteiger partial charge in [0.1, 0.15) is 5.69 Å². The fourth-order valence-electron chi connectivity index (χ4n) is 3.26. The third-order valence-electron chi connectivity index (χ3n) is 4.88. The maximum absolute atomic E-state index is 13.1. The lowest BCUT2D eigenvalue weighted by atomic mass is 10.1. The molecular weight excluding hydrogens is 368 g/mol. The highest BCUT2D eigenvalue weighted by atomic mass is 32.2. The molecule has 1 amide bonds. The van der Waals surface area contributed by atoms with Crippen molar-refractivity contribution in [2.24, 2.45) is 5.92 Å². The number of nitrogens with zero attached hydrogens (tertiary/aromatic N) is 3. The van der Waals surface area contributed by atoms with E-state index < -0.39 is 22.0 Å². The smallest absolute Gasteiger partial charge is 0.258 e. The minimum Gasteiger partial charge on any atom is -0.391 e. The second kappa shape index (κ2) is 7.41. The first kappa shape index (κ1) is 19.5. The standard InChI is InChI=1S/C18H24N4O4S/c1-12-16(17(20-19-12)13-7-5-4-6-8-13)18(24)22-9-14(15(23)10-22)11-27(25,26)21(2)3/h4-8,14-15,23H,9-11H2,1-3H3,(H,19,20)/t14-,15+/m0/s1. The van der Waals surface area contributed by atoms with Crippen LogP contribution in [0.25, 0.3) is 11.3 Å². The van der Waals surface area contributed by atoms with Gasteiger partial charge in [-0.25, -0.2) is 12.7 Å². The average molecular weight is 392 g/mol. The number of nitrogens with one attached hydrogen (secondary N) is 1. The Bertz CT molecular complexity index is 924. The molecular formula is C18H24N4O4S. The van der Waals surface area contributed by atoms with Crippen molar-refractivity contribution in [1.82, 2.24) is 19.4 Å². The van der Waals surface area contributed by atoms with Crippen LogP contribution in [0.3, 0.4) is 0 Å². The summed E-state index contributed by atoms with van der Waals surface area (Å²) < 4.78 is 25.4. The fourth-order valence-corrected chi connectivity index (χ4v) is 4.42. The Morgan fingerprint density at radius 3 is 2.59 bits per heavy atom. The third kappa shape index (κ3) is 3.90. The lowest BCUT2D eigenvalue weighted by molar-refractivity contribution is 0.0765. The molecule has 2 atom stereocenters. The molecule has 1 fully saturated rings. The van der Waals surface area contributed by atoms with E-state index in [2.05, 4.69) is 10.2 Å². The Morgan fingerprint density at radius 2 is 1.96 bits per heavy atom. The number of likely N-dealkylation sites (tertiary alicyclic amines) is 1. The molecule has 1 saturated heterocycles. The van der Waals surface area contributed by atoms with Gasteiger partial charge in [-0.2, -0.15) is 5.10 Å². The number of H-pyrrole nitrogens is 1. The number of rotatable bonds is 5. The number of carbonyl (C=O) groups excluding carboxylic acids is 1. The van der Waals surface area contributed by atoms with E-state index in [1.54, 1.807) is 6.92 Å². The number of aliphatic hydroxyl groups excluding tert-OH is 1. The summed E-state index contributed by atoms with van der Waals surface area (Å²) in [5.41, 5.74) is 2.45. The predicted molar refractivity (Wildman–Crippen MR) is 102 cm³/mol. The second-order valence-electron chi connectivity index (χ2n) is 7.04. The zero-order chi connectivity index (χ0) is 19.8. The predicted octanol–water partition coefficient (Wildman–Crippen LogP) is 0.709. The molecule has 8 nitrogen and oxygen atoms in total. The molecule has 9 heteroatoms. The molecule has 146 valence electrons. The summed E-state index contributed by atoms with van der Waals surface area (Å²) in [5, 5.41) is 17.4. The van der Waals surface area contributed by atoms with Gasteiger partial charge in [-0.15, -0.1) is 0 Å². The summed E-state index contributed by atoms with van der Waals surface area (Å²) in [4.78, 5) is 14.6. The van der Waals surface area contributed by atoms with E-state index in [0.29, 0.717) is 17.0 Å². The molecule has 0 radical (unpaired) electrons. The molecule has 0 aliphatic carbocycles. The van der Waals surface area contributed by atoms with Crippen molar-refractivity contribution in [2.45, 2.75) is 13.0 Å². The molecule has 1 aliphatic heterocycles. The summed E-state index contributed by atoms with van der Waals surface area (Å²) in [5.74, 6) is -0.974. The Labute approximate surface area is 158 Å². The number of benzene rings is 1. The van der Waals surface area contributed by atoms with E-state index in [1.165, 1.54) is 19.0 Å². The van der Waals surface area contributed by atoms with Gasteiger partial charge in [0.2, 0.25) is 10.0 Å². The number of aryl methyl sites for hydroxylation is 1. The Balaban J connectivity index is 1.83. The van der Waals surface area contributed by atoms with Crippen LogP contribution in [0.15, 0.2) is 30.3 Å². The van der Waals surface area contributed by atoms with Crippen molar-refractivity contribution in [3.8, 4) is 11.3 Å². The van der Waals surface area contributed by atoms with Crippen LogP contribution in [0.4, 0.5) is 0 Å². The number of aromatic nitrogens is 2. The zero-order valence-electron chi connectivity index (χ0n) is 15.6. The summed E-state index contributed by atoms with van der Waals surface area (Å²) in [6.45, 7) is 2.06.